The molecule has 24 heavy (non-hydrogen) atoms. The molecule has 0 N–H and O–H groups in total. The molecule has 0 aliphatic carbocycles. The van der Waals surface area contributed by atoms with E-state index >= 15 is 0 Å². The number of ether oxygens (including phenoxy) is 2. The van der Waals surface area contributed by atoms with E-state index in [1.807, 2.05) is 0 Å². The Labute approximate surface area is 141 Å². The quantitative estimate of drug-likeness (QED) is 0.574. The van der Waals surface area contributed by atoms with Crippen molar-refractivity contribution in [3.8, 4) is 0 Å². The Hall–Kier alpha value is -3.14. The highest BCUT2D eigenvalue weighted by atomic mass is 16.6. The lowest BCUT2D eigenvalue weighted by atomic mass is 10.1. The zero-order valence-electron chi connectivity index (χ0n) is 13.1. The van der Waals surface area contributed by atoms with Gasteiger partial charge in [0.2, 0.25) is 0 Å². The number of hydrogen-bond donors (Lipinski definition) is 0. The summed E-state index contributed by atoms with van der Waals surface area (Å²) in [5, 5.41) is 0. The average Bonchev–Trinajstić information content (AvgIpc) is 2.65. The van der Waals surface area contributed by atoms with Crippen molar-refractivity contribution in [2.75, 3.05) is 0 Å². The fourth-order valence-corrected chi connectivity index (χ4v) is 2.03. The molecule has 4 heteroatoms. The van der Waals surface area contributed by atoms with Crippen molar-refractivity contribution in [2.45, 2.75) is 12.2 Å². The van der Waals surface area contributed by atoms with Gasteiger partial charge in [-0.05, 0) is 36.4 Å². The van der Waals surface area contributed by atoms with Crippen molar-refractivity contribution < 1.29 is 19.1 Å². The number of rotatable bonds is 7. The van der Waals surface area contributed by atoms with Crippen molar-refractivity contribution in [1.29, 1.82) is 0 Å². The van der Waals surface area contributed by atoms with E-state index < -0.39 is 24.1 Å². The summed E-state index contributed by atoms with van der Waals surface area (Å²) in [6.07, 6.45) is 1.16. The first-order valence-electron chi connectivity index (χ1n) is 7.43. The van der Waals surface area contributed by atoms with Gasteiger partial charge in [0.1, 0.15) is 0 Å². The second kappa shape index (κ2) is 8.48. The topological polar surface area (TPSA) is 52.6 Å². The molecule has 2 aromatic rings. The number of esters is 2. The van der Waals surface area contributed by atoms with E-state index in [1.54, 1.807) is 60.7 Å². The van der Waals surface area contributed by atoms with E-state index in [0.717, 1.165) is 0 Å². The molecular formula is C20H18O4. The maximum atomic E-state index is 12.1. The van der Waals surface area contributed by atoms with Gasteiger partial charge in [-0.15, -0.1) is 0 Å². The lowest BCUT2D eigenvalue weighted by Crippen LogP contribution is -2.32. The van der Waals surface area contributed by atoms with Gasteiger partial charge in [0.15, 0.2) is 12.2 Å². The maximum Gasteiger partial charge on any atom is 0.338 e. The average molecular weight is 322 g/mol. The monoisotopic (exact) mass is 322 g/mol. The van der Waals surface area contributed by atoms with Gasteiger partial charge in [0, 0.05) is 0 Å². The van der Waals surface area contributed by atoms with E-state index in [4.69, 9.17) is 9.47 Å². The van der Waals surface area contributed by atoms with Gasteiger partial charge in [-0.1, -0.05) is 49.6 Å². The van der Waals surface area contributed by atoms with Crippen LogP contribution in [0, 0.1) is 0 Å². The van der Waals surface area contributed by atoms with E-state index in [9.17, 15) is 9.59 Å². The van der Waals surface area contributed by atoms with Gasteiger partial charge >= 0.3 is 11.9 Å². The molecule has 0 aliphatic rings. The molecule has 0 spiro atoms. The fraction of sp³-hybridized carbons (Fsp3) is 0.100. The van der Waals surface area contributed by atoms with Gasteiger partial charge in [-0.2, -0.15) is 0 Å². The minimum absolute atomic E-state index is 0.404. The molecule has 0 radical (unpaired) electrons. The zero-order chi connectivity index (χ0) is 17.4. The number of carbonyl (C=O) groups is 2. The minimum atomic E-state index is -0.831. The van der Waals surface area contributed by atoms with Crippen molar-refractivity contribution >= 4 is 11.9 Å². The summed E-state index contributed by atoms with van der Waals surface area (Å²) in [6, 6.07) is 17.1. The van der Waals surface area contributed by atoms with Crippen LogP contribution in [0.25, 0.3) is 0 Å². The third-order valence-electron chi connectivity index (χ3n) is 3.29. The third-order valence-corrected chi connectivity index (χ3v) is 3.29. The van der Waals surface area contributed by atoms with Crippen molar-refractivity contribution in [3.05, 3.63) is 97.1 Å². The van der Waals surface area contributed by atoms with Crippen LogP contribution >= 0.6 is 0 Å². The van der Waals surface area contributed by atoms with Crippen LogP contribution in [-0.2, 0) is 9.47 Å². The van der Waals surface area contributed by atoms with Gasteiger partial charge < -0.3 is 9.47 Å². The van der Waals surface area contributed by atoms with Crippen LogP contribution in [0.1, 0.15) is 20.7 Å². The summed E-state index contributed by atoms with van der Waals surface area (Å²) >= 11 is 0. The van der Waals surface area contributed by atoms with Gasteiger partial charge in [0.05, 0.1) is 11.1 Å². The molecule has 0 fully saturated rings. The maximum absolute atomic E-state index is 12.1. The Balaban J connectivity index is 2.06. The summed E-state index contributed by atoms with van der Waals surface area (Å²) < 4.78 is 10.7. The SMILES string of the molecule is C=CC(OC(=O)c1ccccc1)C(C=C)OC(=O)c1ccccc1. The number of benzene rings is 2. The summed E-state index contributed by atoms with van der Waals surface area (Å²) in [4.78, 5) is 24.3. The highest BCUT2D eigenvalue weighted by Crippen LogP contribution is 2.13. The standard InChI is InChI=1S/C20H18O4/c1-3-17(23-19(21)15-11-7-5-8-12-15)18(4-2)24-20(22)16-13-9-6-10-14-16/h3-14,17-18H,1-2H2. The van der Waals surface area contributed by atoms with Crippen LogP contribution in [-0.4, -0.2) is 24.1 Å². The largest absolute Gasteiger partial charge is 0.450 e. The Kier molecular flexibility index (Phi) is 6.08. The van der Waals surface area contributed by atoms with Crippen LogP contribution in [0.2, 0.25) is 0 Å². The first-order chi connectivity index (χ1) is 11.7. The molecule has 4 nitrogen and oxygen atoms in total. The predicted molar refractivity (Wildman–Crippen MR) is 91.7 cm³/mol. The molecule has 2 atom stereocenters. The van der Waals surface area contributed by atoms with Crippen molar-refractivity contribution in [3.63, 3.8) is 0 Å². The molecule has 0 heterocycles. The Morgan fingerprint density at radius 3 is 1.33 bits per heavy atom. The van der Waals surface area contributed by atoms with E-state index in [1.165, 1.54) is 12.2 Å². The highest BCUT2D eigenvalue weighted by Gasteiger charge is 2.24. The zero-order valence-corrected chi connectivity index (χ0v) is 13.1. The van der Waals surface area contributed by atoms with E-state index in [0.29, 0.717) is 11.1 Å². The third kappa shape index (κ3) is 4.43. The van der Waals surface area contributed by atoms with Crippen LogP contribution in [0.4, 0.5) is 0 Å². The number of carbonyl (C=O) groups excluding carboxylic acids is 2. The van der Waals surface area contributed by atoms with Crippen LogP contribution in [0.15, 0.2) is 86.0 Å². The van der Waals surface area contributed by atoms with Crippen molar-refractivity contribution in [1.82, 2.24) is 0 Å². The second-order valence-corrected chi connectivity index (χ2v) is 4.94. The van der Waals surface area contributed by atoms with Gasteiger partial charge in [-0.25, -0.2) is 9.59 Å². The first kappa shape index (κ1) is 17.2. The molecule has 0 saturated heterocycles. The van der Waals surface area contributed by atoms with Crippen molar-refractivity contribution in [2.24, 2.45) is 0 Å². The lowest BCUT2D eigenvalue weighted by Gasteiger charge is -2.22. The van der Waals surface area contributed by atoms with Crippen LogP contribution < -0.4 is 0 Å². The van der Waals surface area contributed by atoms with Crippen LogP contribution in [0.5, 0.6) is 0 Å². The Morgan fingerprint density at radius 1 is 0.708 bits per heavy atom. The molecule has 122 valence electrons. The summed E-state index contributed by atoms with van der Waals surface area (Å²) in [5.74, 6) is -1.05. The summed E-state index contributed by atoms with van der Waals surface area (Å²) in [6.45, 7) is 7.28. The molecule has 2 unspecified atom stereocenters. The molecule has 0 aliphatic heterocycles. The summed E-state index contributed by atoms with van der Waals surface area (Å²) in [7, 11) is 0. The molecule has 0 aromatic heterocycles. The van der Waals surface area contributed by atoms with E-state index in [2.05, 4.69) is 13.2 Å². The number of hydrogen-bond acceptors (Lipinski definition) is 4. The Bertz CT molecular complexity index is 643. The smallest absolute Gasteiger partial charge is 0.338 e. The molecular weight excluding hydrogens is 304 g/mol. The minimum Gasteiger partial charge on any atom is -0.450 e. The molecule has 0 amide bonds. The molecule has 2 rings (SSSR count). The fourth-order valence-electron chi connectivity index (χ4n) is 2.03. The summed E-state index contributed by atoms with van der Waals surface area (Å²) in [5.41, 5.74) is 0.808. The van der Waals surface area contributed by atoms with E-state index in [-0.39, 0.29) is 0 Å². The van der Waals surface area contributed by atoms with Gasteiger partial charge in [-0.3, -0.25) is 0 Å². The highest BCUT2D eigenvalue weighted by molar-refractivity contribution is 5.90. The Morgan fingerprint density at radius 2 is 1.04 bits per heavy atom. The molecule has 2 aromatic carbocycles. The van der Waals surface area contributed by atoms with Gasteiger partial charge in [0.25, 0.3) is 0 Å². The lowest BCUT2D eigenvalue weighted by molar-refractivity contribution is -0.00709. The molecule has 0 bridgehead atoms. The first-order valence-corrected chi connectivity index (χ1v) is 7.43. The normalized spacial score (nSPS) is 12.5. The predicted octanol–water partition coefficient (Wildman–Crippen LogP) is 3.81. The van der Waals surface area contributed by atoms with Crippen LogP contribution in [0.3, 0.4) is 0 Å². The molecule has 0 saturated carbocycles. The second-order valence-electron chi connectivity index (χ2n) is 4.94.